The number of sulfonamides is 1. The lowest BCUT2D eigenvalue weighted by molar-refractivity contribution is -0.140. The van der Waals surface area contributed by atoms with Gasteiger partial charge in [-0.1, -0.05) is 36.7 Å². The van der Waals surface area contributed by atoms with Crippen molar-refractivity contribution in [2.75, 3.05) is 24.2 Å². The van der Waals surface area contributed by atoms with Crippen molar-refractivity contribution in [1.82, 2.24) is 10.2 Å². The molecular formula is C22H27ClFN3O4S. The Morgan fingerprint density at radius 1 is 1.16 bits per heavy atom. The van der Waals surface area contributed by atoms with Crippen molar-refractivity contribution in [2.45, 2.75) is 32.9 Å². The van der Waals surface area contributed by atoms with Crippen LogP contribution in [0.1, 0.15) is 24.5 Å². The van der Waals surface area contributed by atoms with Crippen LogP contribution < -0.4 is 9.62 Å². The summed E-state index contributed by atoms with van der Waals surface area (Å²) in [7, 11) is -2.38. The van der Waals surface area contributed by atoms with E-state index in [9.17, 15) is 22.4 Å². The quantitative estimate of drug-likeness (QED) is 0.593. The Bertz CT molecular complexity index is 1080. The Morgan fingerprint density at radius 3 is 2.31 bits per heavy atom. The van der Waals surface area contributed by atoms with E-state index in [4.69, 9.17) is 11.6 Å². The van der Waals surface area contributed by atoms with Crippen LogP contribution in [0.15, 0.2) is 42.5 Å². The van der Waals surface area contributed by atoms with Gasteiger partial charge in [0.1, 0.15) is 18.4 Å². The van der Waals surface area contributed by atoms with E-state index < -0.39 is 34.3 Å². The number of nitrogens with one attached hydrogen (secondary N) is 1. The fourth-order valence-corrected chi connectivity index (χ4v) is 4.38. The molecule has 0 aliphatic carbocycles. The Labute approximate surface area is 193 Å². The summed E-state index contributed by atoms with van der Waals surface area (Å²) in [6.07, 6.45) is 1.31. The van der Waals surface area contributed by atoms with Crippen molar-refractivity contribution < 1.29 is 22.4 Å². The molecule has 0 saturated heterocycles. The first-order chi connectivity index (χ1) is 15.0. The molecule has 32 heavy (non-hydrogen) atoms. The lowest BCUT2D eigenvalue weighted by atomic mass is 10.1. The van der Waals surface area contributed by atoms with E-state index in [1.165, 1.54) is 42.3 Å². The zero-order chi connectivity index (χ0) is 24.1. The lowest BCUT2D eigenvalue weighted by Gasteiger charge is -2.33. The van der Waals surface area contributed by atoms with Crippen molar-refractivity contribution in [1.29, 1.82) is 0 Å². The third-order valence-electron chi connectivity index (χ3n) is 5.02. The second kappa shape index (κ2) is 10.8. The number of anilines is 1. The zero-order valence-corrected chi connectivity index (χ0v) is 20.0. The van der Waals surface area contributed by atoms with Gasteiger partial charge in [0.15, 0.2) is 0 Å². The number of benzene rings is 2. The van der Waals surface area contributed by atoms with Crippen LogP contribution in [0.25, 0.3) is 0 Å². The van der Waals surface area contributed by atoms with Crippen LogP contribution in [-0.2, 0) is 26.2 Å². The largest absolute Gasteiger partial charge is 0.357 e. The number of carbonyl (C=O) groups excluding carboxylic acids is 2. The van der Waals surface area contributed by atoms with Gasteiger partial charge >= 0.3 is 0 Å². The third-order valence-corrected chi connectivity index (χ3v) is 6.38. The molecule has 0 spiro atoms. The summed E-state index contributed by atoms with van der Waals surface area (Å²) in [5.74, 6) is -1.38. The minimum atomic E-state index is -3.85. The highest BCUT2D eigenvalue weighted by atomic mass is 35.5. The summed E-state index contributed by atoms with van der Waals surface area (Å²) in [5, 5.41) is 2.86. The molecule has 0 aliphatic heterocycles. The van der Waals surface area contributed by atoms with E-state index in [2.05, 4.69) is 5.32 Å². The molecule has 1 unspecified atom stereocenters. The van der Waals surface area contributed by atoms with E-state index in [1.807, 2.05) is 0 Å². The average molecular weight is 484 g/mol. The van der Waals surface area contributed by atoms with Gasteiger partial charge in [-0.25, -0.2) is 12.8 Å². The molecule has 0 saturated carbocycles. The van der Waals surface area contributed by atoms with Gasteiger partial charge in [0, 0.05) is 18.6 Å². The van der Waals surface area contributed by atoms with Gasteiger partial charge in [-0.15, -0.1) is 0 Å². The van der Waals surface area contributed by atoms with Gasteiger partial charge in [-0.3, -0.25) is 13.9 Å². The summed E-state index contributed by atoms with van der Waals surface area (Å²) in [6.45, 7) is 2.95. The average Bonchev–Trinajstić information content (AvgIpc) is 2.73. The predicted molar refractivity (Wildman–Crippen MR) is 123 cm³/mol. The fourth-order valence-electron chi connectivity index (χ4n) is 3.32. The van der Waals surface area contributed by atoms with E-state index in [0.29, 0.717) is 22.6 Å². The second-order valence-corrected chi connectivity index (χ2v) is 9.73. The summed E-state index contributed by atoms with van der Waals surface area (Å²) < 4.78 is 39.4. The van der Waals surface area contributed by atoms with Gasteiger partial charge in [-0.2, -0.15) is 0 Å². The molecule has 2 amide bonds. The smallest absolute Gasteiger partial charge is 0.244 e. The van der Waals surface area contributed by atoms with Gasteiger partial charge in [0.25, 0.3) is 0 Å². The molecule has 2 rings (SSSR count). The maximum Gasteiger partial charge on any atom is 0.244 e. The predicted octanol–water partition coefficient (Wildman–Crippen LogP) is 3.11. The highest BCUT2D eigenvalue weighted by Gasteiger charge is 2.31. The van der Waals surface area contributed by atoms with Crippen LogP contribution in [0.2, 0.25) is 5.02 Å². The Balaban J connectivity index is 2.46. The SMILES string of the molecule is CCC(C(=O)NC)N(Cc1ccc(F)cc1)C(=O)CN(c1cc(Cl)ccc1C)S(C)(=O)=O. The van der Waals surface area contributed by atoms with Crippen molar-refractivity contribution in [2.24, 2.45) is 0 Å². The van der Waals surface area contributed by atoms with Crippen LogP contribution in [0.3, 0.4) is 0 Å². The summed E-state index contributed by atoms with van der Waals surface area (Å²) in [4.78, 5) is 27.2. The summed E-state index contributed by atoms with van der Waals surface area (Å²) in [6, 6.07) is 9.49. The normalized spacial score (nSPS) is 12.2. The highest BCUT2D eigenvalue weighted by molar-refractivity contribution is 7.92. The number of carbonyl (C=O) groups is 2. The number of likely N-dealkylation sites (N-methyl/N-ethyl adjacent to an activating group) is 1. The lowest BCUT2D eigenvalue weighted by Crippen LogP contribution is -2.51. The molecule has 2 aromatic rings. The first-order valence-corrected chi connectivity index (χ1v) is 12.2. The van der Waals surface area contributed by atoms with Gasteiger partial charge < -0.3 is 10.2 Å². The number of aryl methyl sites for hydroxylation is 1. The van der Waals surface area contributed by atoms with Crippen LogP contribution >= 0.6 is 11.6 Å². The first kappa shape index (κ1) is 25.6. The topological polar surface area (TPSA) is 86.8 Å². The second-order valence-electron chi connectivity index (χ2n) is 7.39. The molecule has 174 valence electrons. The molecule has 0 heterocycles. The third kappa shape index (κ3) is 6.43. The number of halogens is 2. The van der Waals surface area contributed by atoms with Crippen LogP contribution in [0, 0.1) is 12.7 Å². The number of hydrogen-bond donors (Lipinski definition) is 1. The molecule has 0 fully saturated rings. The maximum absolute atomic E-state index is 13.4. The van der Waals surface area contributed by atoms with Crippen molar-refractivity contribution in [3.05, 3.63) is 64.4 Å². The number of hydrogen-bond acceptors (Lipinski definition) is 4. The molecule has 0 radical (unpaired) electrons. The molecular weight excluding hydrogens is 457 g/mol. The minimum absolute atomic E-state index is 0.0111. The minimum Gasteiger partial charge on any atom is -0.357 e. The maximum atomic E-state index is 13.4. The molecule has 1 N–H and O–H groups in total. The Kier molecular flexibility index (Phi) is 8.63. The van der Waals surface area contributed by atoms with Crippen molar-refractivity contribution in [3.8, 4) is 0 Å². The molecule has 1 atom stereocenters. The van der Waals surface area contributed by atoms with Gasteiger partial charge in [0.2, 0.25) is 21.8 Å². The van der Waals surface area contributed by atoms with Crippen molar-refractivity contribution >= 4 is 39.1 Å². The molecule has 10 heteroatoms. The first-order valence-electron chi connectivity index (χ1n) is 9.97. The van der Waals surface area contributed by atoms with Crippen LogP contribution in [0.5, 0.6) is 0 Å². The van der Waals surface area contributed by atoms with E-state index in [1.54, 1.807) is 26.0 Å². The van der Waals surface area contributed by atoms with Crippen LogP contribution in [-0.4, -0.2) is 51.0 Å². The number of nitrogens with zero attached hydrogens (tertiary/aromatic N) is 2. The molecule has 7 nitrogen and oxygen atoms in total. The van der Waals surface area contributed by atoms with Crippen molar-refractivity contribution in [3.63, 3.8) is 0 Å². The summed E-state index contributed by atoms with van der Waals surface area (Å²) in [5.41, 5.74) is 1.51. The zero-order valence-electron chi connectivity index (χ0n) is 18.4. The molecule has 0 bridgehead atoms. The molecule has 0 aromatic heterocycles. The Morgan fingerprint density at radius 2 is 1.78 bits per heavy atom. The van der Waals surface area contributed by atoms with Gasteiger partial charge in [-0.05, 0) is 48.7 Å². The number of rotatable bonds is 9. The van der Waals surface area contributed by atoms with Gasteiger partial charge in [0.05, 0.1) is 11.9 Å². The summed E-state index contributed by atoms with van der Waals surface area (Å²) >= 11 is 6.06. The van der Waals surface area contributed by atoms with Crippen LogP contribution in [0.4, 0.5) is 10.1 Å². The number of amides is 2. The standard InChI is InChI=1S/C22H27ClFN3O4S/c1-5-19(22(29)25-3)26(13-16-7-10-18(24)11-8-16)21(28)14-27(32(4,30)31)20-12-17(23)9-6-15(20)2/h6-12,19H,5,13-14H2,1-4H3,(H,25,29). The van der Waals surface area contributed by atoms with E-state index >= 15 is 0 Å². The Hall–Kier alpha value is -2.65. The van der Waals surface area contributed by atoms with E-state index in [0.717, 1.165) is 10.6 Å². The molecule has 0 aliphatic rings. The monoisotopic (exact) mass is 483 g/mol. The van der Waals surface area contributed by atoms with E-state index in [-0.39, 0.29) is 18.1 Å². The highest BCUT2D eigenvalue weighted by Crippen LogP contribution is 2.27. The molecule has 2 aromatic carbocycles. The fraction of sp³-hybridized carbons (Fsp3) is 0.364.